The third-order valence-electron chi connectivity index (χ3n) is 2.36. The molecule has 0 atom stereocenters. The van der Waals surface area contributed by atoms with Gasteiger partial charge in [0.1, 0.15) is 6.26 Å². The van der Waals surface area contributed by atoms with Gasteiger partial charge in [-0.3, -0.25) is 20.2 Å². The van der Waals surface area contributed by atoms with Crippen molar-refractivity contribution < 1.29 is 14.0 Å². The minimum atomic E-state index is -0.453. The van der Waals surface area contributed by atoms with Crippen LogP contribution < -0.4 is 10.6 Å². The average molecular weight is 320 g/mol. The lowest BCUT2D eigenvalue weighted by molar-refractivity contribution is 0.101. The summed E-state index contributed by atoms with van der Waals surface area (Å²) in [5, 5.41) is 9.04. The number of carbonyl (C=O) groups is 2. The Labute approximate surface area is 126 Å². The SMILES string of the molecule is O=C(Nc1nccs1)c1coc(NC(=O)c2cccs2)n1. The minimum absolute atomic E-state index is 0.0299. The molecule has 3 heterocycles. The smallest absolute Gasteiger partial charge is 0.302 e. The van der Waals surface area contributed by atoms with E-state index in [4.69, 9.17) is 4.42 Å². The van der Waals surface area contributed by atoms with Crippen LogP contribution >= 0.6 is 22.7 Å². The average Bonchev–Trinajstić information content (AvgIpc) is 3.21. The van der Waals surface area contributed by atoms with Gasteiger partial charge in [0, 0.05) is 11.6 Å². The van der Waals surface area contributed by atoms with E-state index in [1.165, 1.54) is 28.9 Å². The standard InChI is InChI=1S/C12H8N4O3S2/c17-9(16-12-13-3-5-21-12)7-6-19-11(14-7)15-10(18)8-2-1-4-20-8/h1-6H,(H,13,16,17)(H,14,15,18). The first-order chi connectivity index (χ1) is 10.2. The molecule has 3 aromatic rings. The summed E-state index contributed by atoms with van der Waals surface area (Å²) in [6.07, 6.45) is 2.75. The van der Waals surface area contributed by atoms with Crippen LogP contribution in [0.15, 0.2) is 39.8 Å². The third-order valence-corrected chi connectivity index (χ3v) is 3.91. The van der Waals surface area contributed by atoms with E-state index in [-0.39, 0.29) is 17.6 Å². The van der Waals surface area contributed by atoms with Gasteiger partial charge >= 0.3 is 6.01 Å². The van der Waals surface area contributed by atoms with Crippen LogP contribution in [0.3, 0.4) is 0 Å². The summed E-state index contributed by atoms with van der Waals surface area (Å²) in [5.74, 6) is -0.788. The molecule has 0 unspecified atom stereocenters. The Kier molecular flexibility index (Phi) is 3.75. The van der Waals surface area contributed by atoms with Crippen molar-refractivity contribution >= 4 is 45.6 Å². The molecule has 0 fully saturated rings. The lowest BCUT2D eigenvalue weighted by Gasteiger charge is -1.97. The molecule has 0 aliphatic heterocycles. The number of nitrogens with zero attached hydrogens (tertiary/aromatic N) is 2. The van der Waals surface area contributed by atoms with E-state index < -0.39 is 5.91 Å². The molecule has 0 radical (unpaired) electrons. The van der Waals surface area contributed by atoms with Gasteiger partial charge in [-0.05, 0) is 11.4 Å². The zero-order valence-corrected chi connectivity index (χ0v) is 12.0. The molecule has 2 N–H and O–H groups in total. The molecule has 0 saturated heterocycles. The fourth-order valence-electron chi connectivity index (χ4n) is 1.45. The topological polar surface area (TPSA) is 97.1 Å². The van der Waals surface area contributed by atoms with Crippen LogP contribution in [0.25, 0.3) is 0 Å². The van der Waals surface area contributed by atoms with Crippen molar-refractivity contribution in [3.63, 3.8) is 0 Å². The number of thiazole rings is 1. The highest BCUT2D eigenvalue weighted by Gasteiger charge is 2.15. The second-order valence-electron chi connectivity index (χ2n) is 3.76. The number of carbonyl (C=O) groups excluding carboxylic acids is 2. The molecule has 0 aliphatic carbocycles. The Hall–Kier alpha value is -2.52. The van der Waals surface area contributed by atoms with Gasteiger partial charge in [-0.25, -0.2) is 4.98 Å². The van der Waals surface area contributed by atoms with E-state index in [1.54, 1.807) is 29.1 Å². The van der Waals surface area contributed by atoms with Crippen molar-refractivity contribution in [3.05, 3.63) is 45.9 Å². The Morgan fingerprint density at radius 3 is 2.76 bits per heavy atom. The van der Waals surface area contributed by atoms with Crippen LogP contribution in [-0.4, -0.2) is 21.8 Å². The highest BCUT2D eigenvalue weighted by molar-refractivity contribution is 7.13. The molecule has 9 heteroatoms. The second-order valence-corrected chi connectivity index (χ2v) is 5.60. The Morgan fingerprint density at radius 2 is 2.05 bits per heavy atom. The Bertz CT molecular complexity index is 749. The highest BCUT2D eigenvalue weighted by atomic mass is 32.1. The summed E-state index contributed by atoms with van der Waals surface area (Å²) in [6, 6.07) is 3.42. The van der Waals surface area contributed by atoms with Crippen LogP contribution in [0.5, 0.6) is 0 Å². The van der Waals surface area contributed by atoms with E-state index in [0.717, 1.165) is 0 Å². The second kappa shape index (κ2) is 5.85. The zero-order chi connectivity index (χ0) is 14.7. The van der Waals surface area contributed by atoms with Gasteiger partial charge in [-0.2, -0.15) is 4.98 Å². The van der Waals surface area contributed by atoms with Crippen molar-refractivity contribution in [2.24, 2.45) is 0 Å². The van der Waals surface area contributed by atoms with Crippen molar-refractivity contribution in [1.82, 2.24) is 9.97 Å². The quantitative estimate of drug-likeness (QED) is 0.770. The molecular weight excluding hydrogens is 312 g/mol. The normalized spacial score (nSPS) is 10.3. The van der Waals surface area contributed by atoms with Crippen molar-refractivity contribution in [2.45, 2.75) is 0 Å². The van der Waals surface area contributed by atoms with E-state index in [2.05, 4.69) is 20.6 Å². The van der Waals surface area contributed by atoms with Gasteiger partial charge in [0.25, 0.3) is 11.8 Å². The van der Waals surface area contributed by atoms with Crippen LogP contribution in [0, 0.1) is 0 Å². The van der Waals surface area contributed by atoms with Gasteiger partial charge < -0.3 is 4.42 Å². The first-order valence-corrected chi connectivity index (χ1v) is 7.49. The zero-order valence-electron chi connectivity index (χ0n) is 10.4. The van der Waals surface area contributed by atoms with Crippen LogP contribution in [-0.2, 0) is 0 Å². The highest BCUT2D eigenvalue weighted by Crippen LogP contribution is 2.15. The van der Waals surface area contributed by atoms with Crippen LogP contribution in [0.1, 0.15) is 20.2 Å². The van der Waals surface area contributed by atoms with Crippen molar-refractivity contribution in [2.75, 3.05) is 10.6 Å². The molecule has 0 bridgehead atoms. The number of oxazole rings is 1. The first kappa shape index (κ1) is 13.5. The molecule has 106 valence electrons. The number of rotatable bonds is 4. The largest absolute Gasteiger partial charge is 0.431 e. The summed E-state index contributed by atoms with van der Waals surface area (Å²) in [6.45, 7) is 0. The van der Waals surface area contributed by atoms with Gasteiger partial charge in [-0.1, -0.05) is 6.07 Å². The maximum atomic E-state index is 11.9. The number of anilines is 2. The lowest BCUT2D eigenvalue weighted by Crippen LogP contribution is -2.13. The molecule has 0 saturated carbocycles. The molecule has 3 aromatic heterocycles. The molecule has 2 amide bonds. The Morgan fingerprint density at radius 1 is 1.14 bits per heavy atom. The number of hydrogen-bond acceptors (Lipinski definition) is 7. The van der Waals surface area contributed by atoms with Gasteiger partial charge in [0.15, 0.2) is 10.8 Å². The predicted octanol–water partition coefficient (Wildman–Crippen LogP) is 2.70. The monoisotopic (exact) mass is 320 g/mol. The van der Waals surface area contributed by atoms with E-state index >= 15 is 0 Å². The molecule has 0 spiro atoms. The van der Waals surface area contributed by atoms with Crippen molar-refractivity contribution in [3.8, 4) is 0 Å². The first-order valence-electron chi connectivity index (χ1n) is 5.73. The summed E-state index contributed by atoms with van der Waals surface area (Å²) < 4.78 is 5.06. The molecule has 0 aromatic carbocycles. The predicted molar refractivity (Wildman–Crippen MR) is 78.8 cm³/mol. The van der Waals surface area contributed by atoms with Gasteiger partial charge in [-0.15, -0.1) is 22.7 Å². The molecule has 21 heavy (non-hydrogen) atoms. The van der Waals surface area contributed by atoms with Gasteiger partial charge in [0.2, 0.25) is 0 Å². The third kappa shape index (κ3) is 3.15. The summed E-state index contributed by atoms with van der Waals surface area (Å²) >= 11 is 2.59. The summed E-state index contributed by atoms with van der Waals surface area (Å²) in [4.78, 5) is 32.0. The lowest BCUT2D eigenvalue weighted by atomic mass is 10.4. The van der Waals surface area contributed by atoms with E-state index in [9.17, 15) is 9.59 Å². The fourth-order valence-corrected chi connectivity index (χ4v) is 2.59. The number of amides is 2. The van der Waals surface area contributed by atoms with Crippen molar-refractivity contribution in [1.29, 1.82) is 0 Å². The minimum Gasteiger partial charge on any atom is -0.431 e. The Balaban J connectivity index is 1.66. The summed E-state index contributed by atoms with van der Waals surface area (Å²) in [5.41, 5.74) is 0.0617. The fraction of sp³-hybridized carbons (Fsp3) is 0. The van der Waals surface area contributed by atoms with E-state index in [0.29, 0.717) is 10.0 Å². The number of thiophene rings is 1. The summed E-state index contributed by atoms with van der Waals surface area (Å²) in [7, 11) is 0. The maximum absolute atomic E-state index is 11.9. The molecule has 0 aliphatic rings. The maximum Gasteiger partial charge on any atom is 0.302 e. The number of aromatic nitrogens is 2. The number of nitrogens with one attached hydrogen (secondary N) is 2. The molecular formula is C12H8N4O3S2. The molecule has 3 rings (SSSR count). The number of hydrogen-bond donors (Lipinski definition) is 2. The molecule has 7 nitrogen and oxygen atoms in total. The van der Waals surface area contributed by atoms with Crippen LogP contribution in [0.4, 0.5) is 11.1 Å². The van der Waals surface area contributed by atoms with E-state index in [1.807, 2.05) is 0 Å². The van der Waals surface area contributed by atoms with Gasteiger partial charge in [0.05, 0.1) is 4.88 Å². The van der Waals surface area contributed by atoms with Crippen LogP contribution in [0.2, 0.25) is 0 Å².